The Hall–Kier alpha value is -0.320. The Morgan fingerprint density at radius 1 is 1.64 bits per heavy atom. The molecule has 0 bridgehead atoms. The third-order valence-electron chi connectivity index (χ3n) is 0.771. The van der Waals surface area contributed by atoms with Crippen LogP contribution in [-0.2, 0) is 14.6 Å². The van der Waals surface area contributed by atoms with Gasteiger partial charge in [-0.2, -0.15) is 4.89 Å². The minimum Gasteiger partial charge on any atom is -0.326 e. The molecule has 0 radical (unpaired) electrons. The SMILES string of the molecule is CCC(=O)OOCC(C)N.Cl. The van der Waals surface area contributed by atoms with E-state index in [0.717, 1.165) is 0 Å². The number of nitrogens with two attached hydrogens (primary N) is 1. The molecule has 0 aliphatic carbocycles. The van der Waals surface area contributed by atoms with Gasteiger partial charge in [0.2, 0.25) is 0 Å². The van der Waals surface area contributed by atoms with Crippen LogP contribution < -0.4 is 5.73 Å². The van der Waals surface area contributed by atoms with Crippen molar-refractivity contribution >= 4 is 18.4 Å². The fourth-order valence-corrected chi connectivity index (χ4v) is 0.266. The van der Waals surface area contributed by atoms with E-state index in [-0.39, 0.29) is 31.0 Å². The van der Waals surface area contributed by atoms with Crippen LogP contribution in [0.4, 0.5) is 0 Å². The van der Waals surface area contributed by atoms with Crippen LogP contribution in [0.3, 0.4) is 0 Å². The summed E-state index contributed by atoms with van der Waals surface area (Å²) >= 11 is 0. The maximum absolute atomic E-state index is 10.4. The number of carbonyl (C=O) groups is 1. The van der Waals surface area contributed by atoms with E-state index in [0.29, 0.717) is 6.42 Å². The minimum absolute atomic E-state index is 0. The molecule has 0 spiro atoms. The van der Waals surface area contributed by atoms with Crippen LogP contribution in [0.1, 0.15) is 20.3 Å². The van der Waals surface area contributed by atoms with Crippen molar-refractivity contribution in [2.75, 3.05) is 6.61 Å². The van der Waals surface area contributed by atoms with Crippen LogP contribution in [-0.4, -0.2) is 18.6 Å². The van der Waals surface area contributed by atoms with Crippen molar-refractivity contribution in [1.82, 2.24) is 0 Å². The third kappa shape index (κ3) is 9.68. The molecule has 0 aromatic heterocycles. The van der Waals surface area contributed by atoms with Gasteiger partial charge in [0, 0.05) is 12.5 Å². The summed E-state index contributed by atoms with van der Waals surface area (Å²) in [4.78, 5) is 19.2. The molecule has 0 heterocycles. The Labute approximate surface area is 72.4 Å². The van der Waals surface area contributed by atoms with Gasteiger partial charge in [0.05, 0.1) is 0 Å². The standard InChI is InChI=1S/C6H13NO3.ClH/c1-3-6(8)10-9-4-5(2)7;/h5H,3-4,7H2,1-2H3;1H. The molecule has 68 valence electrons. The van der Waals surface area contributed by atoms with Crippen molar-refractivity contribution in [1.29, 1.82) is 0 Å². The zero-order valence-corrected chi connectivity index (χ0v) is 7.52. The van der Waals surface area contributed by atoms with Gasteiger partial charge >= 0.3 is 5.97 Å². The normalized spacial score (nSPS) is 11.5. The monoisotopic (exact) mass is 183 g/mol. The molecule has 0 saturated carbocycles. The molecule has 1 unspecified atom stereocenters. The first-order chi connectivity index (χ1) is 4.66. The summed E-state index contributed by atoms with van der Waals surface area (Å²) < 4.78 is 0. The van der Waals surface area contributed by atoms with Crippen LogP contribution in [0.15, 0.2) is 0 Å². The molecule has 0 rings (SSSR count). The fourth-order valence-electron chi connectivity index (χ4n) is 0.266. The zero-order chi connectivity index (χ0) is 7.98. The maximum Gasteiger partial charge on any atom is 0.342 e. The van der Waals surface area contributed by atoms with E-state index in [9.17, 15) is 4.79 Å². The van der Waals surface area contributed by atoms with Gasteiger partial charge in [-0.05, 0) is 6.92 Å². The smallest absolute Gasteiger partial charge is 0.326 e. The van der Waals surface area contributed by atoms with Gasteiger partial charge in [0.25, 0.3) is 0 Å². The van der Waals surface area contributed by atoms with E-state index in [4.69, 9.17) is 5.73 Å². The van der Waals surface area contributed by atoms with Crippen LogP contribution in [0, 0.1) is 0 Å². The first-order valence-corrected chi connectivity index (χ1v) is 3.24. The number of hydrogen-bond acceptors (Lipinski definition) is 4. The second-order valence-electron chi connectivity index (χ2n) is 2.07. The quantitative estimate of drug-likeness (QED) is 0.513. The van der Waals surface area contributed by atoms with Gasteiger partial charge in [0.1, 0.15) is 6.61 Å². The Kier molecular flexibility index (Phi) is 9.40. The molecule has 0 saturated heterocycles. The van der Waals surface area contributed by atoms with Gasteiger partial charge in [-0.15, -0.1) is 12.4 Å². The highest BCUT2D eigenvalue weighted by atomic mass is 35.5. The number of hydrogen-bond donors (Lipinski definition) is 1. The number of halogens is 1. The molecule has 5 heteroatoms. The molecule has 0 aromatic rings. The first kappa shape index (κ1) is 13.3. The van der Waals surface area contributed by atoms with Gasteiger partial charge in [-0.1, -0.05) is 6.92 Å². The highest BCUT2D eigenvalue weighted by molar-refractivity contribution is 5.85. The Balaban J connectivity index is 0. The van der Waals surface area contributed by atoms with Crippen LogP contribution in [0.25, 0.3) is 0 Å². The summed E-state index contributed by atoms with van der Waals surface area (Å²) in [6.45, 7) is 3.70. The Bertz CT molecular complexity index is 108. The predicted octanol–water partition coefficient (Wildman–Crippen LogP) is 0.640. The van der Waals surface area contributed by atoms with Crippen LogP contribution in [0.2, 0.25) is 0 Å². The van der Waals surface area contributed by atoms with Crippen LogP contribution in [0.5, 0.6) is 0 Å². The molecular formula is C6H14ClNO3. The lowest BCUT2D eigenvalue weighted by atomic mass is 10.4. The first-order valence-electron chi connectivity index (χ1n) is 3.24. The van der Waals surface area contributed by atoms with Crippen molar-refractivity contribution < 1.29 is 14.6 Å². The largest absolute Gasteiger partial charge is 0.342 e. The average Bonchev–Trinajstić information content (AvgIpc) is 1.87. The number of rotatable bonds is 4. The van der Waals surface area contributed by atoms with Crippen molar-refractivity contribution in [3.05, 3.63) is 0 Å². The predicted molar refractivity (Wildman–Crippen MR) is 43.2 cm³/mol. The molecule has 0 fully saturated rings. The molecule has 2 N–H and O–H groups in total. The Morgan fingerprint density at radius 2 is 2.18 bits per heavy atom. The molecule has 1 atom stereocenters. The van der Waals surface area contributed by atoms with Gasteiger partial charge in [0.15, 0.2) is 0 Å². The maximum atomic E-state index is 10.4. The second-order valence-corrected chi connectivity index (χ2v) is 2.07. The molecule has 0 amide bonds. The molecule has 0 aromatic carbocycles. The van der Waals surface area contributed by atoms with E-state index < -0.39 is 0 Å². The molecule has 0 aliphatic heterocycles. The van der Waals surface area contributed by atoms with Gasteiger partial charge in [-0.3, -0.25) is 4.89 Å². The van der Waals surface area contributed by atoms with Crippen molar-refractivity contribution in [2.24, 2.45) is 5.73 Å². The van der Waals surface area contributed by atoms with Crippen molar-refractivity contribution in [3.8, 4) is 0 Å². The second kappa shape index (κ2) is 7.78. The Morgan fingerprint density at radius 3 is 2.55 bits per heavy atom. The molecular weight excluding hydrogens is 170 g/mol. The third-order valence-corrected chi connectivity index (χ3v) is 0.771. The summed E-state index contributed by atoms with van der Waals surface area (Å²) in [6, 6.07) is -0.107. The van der Waals surface area contributed by atoms with Gasteiger partial charge < -0.3 is 5.73 Å². The van der Waals surface area contributed by atoms with Crippen LogP contribution >= 0.6 is 12.4 Å². The summed E-state index contributed by atoms with van der Waals surface area (Å²) in [5, 5.41) is 0. The number of carbonyl (C=O) groups excluding carboxylic acids is 1. The van der Waals surface area contributed by atoms with E-state index in [1.807, 2.05) is 0 Å². The highest BCUT2D eigenvalue weighted by Crippen LogP contribution is 1.86. The molecule has 11 heavy (non-hydrogen) atoms. The summed E-state index contributed by atoms with van der Waals surface area (Å²) in [6.07, 6.45) is 0.318. The lowest BCUT2D eigenvalue weighted by Crippen LogP contribution is -2.22. The summed E-state index contributed by atoms with van der Waals surface area (Å²) in [5.74, 6) is -0.374. The van der Waals surface area contributed by atoms with E-state index in [1.54, 1.807) is 13.8 Å². The van der Waals surface area contributed by atoms with Gasteiger partial charge in [-0.25, -0.2) is 4.79 Å². The molecule has 0 aliphatic rings. The van der Waals surface area contributed by atoms with Crippen molar-refractivity contribution in [3.63, 3.8) is 0 Å². The summed E-state index contributed by atoms with van der Waals surface area (Å²) in [7, 11) is 0. The lowest BCUT2D eigenvalue weighted by molar-refractivity contribution is -0.273. The topological polar surface area (TPSA) is 61.5 Å². The van der Waals surface area contributed by atoms with E-state index >= 15 is 0 Å². The van der Waals surface area contributed by atoms with E-state index in [2.05, 4.69) is 9.78 Å². The van der Waals surface area contributed by atoms with Crippen molar-refractivity contribution in [2.45, 2.75) is 26.3 Å². The zero-order valence-electron chi connectivity index (χ0n) is 6.70. The molecule has 4 nitrogen and oxygen atoms in total. The minimum atomic E-state index is -0.374. The lowest BCUT2D eigenvalue weighted by Gasteiger charge is -2.03. The average molecular weight is 184 g/mol. The summed E-state index contributed by atoms with van der Waals surface area (Å²) in [5.41, 5.74) is 5.30. The fraction of sp³-hybridized carbons (Fsp3) is 0.833. The van der Waals surface area contributed by atoms with E-state index in [1.165, 1.54) is 0 Å². The highest BCUT2D eigenvalue weighted by Gasteiger charge is 1.99.